The van der Waals surface area contributed by atoms with Gasteiger partial charge in [-0.25, -0.2) is 0 Å². The van der Waals surface area contributed by atoms with E-state index in [9.17, 15) is 36.2 Å². The van der Waals surface area contributed by atoms with E-state index in [0.29, 0.717) is 43.0 Å². The van der Waals surface area contributed by atoms with E-state index in [-0.39, 0.29) is 23.9 Å². The van der Waals surface area contributed by atoms with Gasteiger partial charge in [0.2, 0.25) is 5.91 Å². The van der Waals surface area contributed by atoms with Crippen molar-refractivity contribution in [2.75, 3.05) is 26.3 Å². The lowest BCUT2D eigenvalue weighted by Crippen LogP contribution is -2.70. The van der Waals surface area contributed by atoms with Crippen LogP contribution in [0.25, 0.3) is 11.1 Å². The molecule has 5 nitrogen and oxygen atoms in total. The number of alkyl halides is 6. The monoisotopic (exact) mass is 556 g/mol. The van der Waals surface area contributed by atoms with Crippen LogP contribution in [-0.2, 0) is 21.7 Å². The molecular weight excluding hydrogens is 526 g/mol. The molecule has 212 valence electrons. The smallest absolute Gasteiger partial charge is 0.381 e. The molecule has 2 bridgehead atoms. The van der Waals surface area contributed by atoms with Crippen LogP contribution in [0.3, 0.4) is 0 Å². The summed E-state index contributed by atoms with van der Waals surface area (Å²) in [5, 5.41) is 9.62. The highest BCUT2D eigenvalue weighted by Gasteiger charge is 2.71. The number of amides is 1. The molecule has 0 aromatic heterocycles. The van der Waals surface area contributed by atoms with Gasteiger partial charge in [0.15, 0.2) is 0 Å². The minimum atomic E-state index is -5.92. The SMILES string of the molecule is Cc1cc(CN2CC3CC(C2)N3C(=O)C2CCOCC2)ccc1-c1ccc(C(O)(C(F)(F)F)C(F)(F)F)cc1. The molecule has 1 N–H and O–H groups in total. The van der Waals surface area contributed by atoms with Crippen LogP contribution in [0.4, 0.5) is 26.3 Å². The van der Waals surface area contributed by atoms with Gasteiger partial charge in [0.05, 0.1) is 0 Å². The lowest BCUT2D eigenvalue weighted by molar-refractivity contribution is -0.376. The molecule has 2 unspecified atom stereocenters. The van der Waals surface area contributed by atoms with Crippen LogP contribution in [0.1, 0.15) is 36.0 Å². The standard InChI is InChI=1S/C28H30F6N2O3/c1-17-12-18(14-35-15-22-13-23(16-35)36(22)25(37)20-8-10-39-11-9-20)2-7-24(17)19-3-5-21(6-4-19)26(38,27(29,30)31)28(32,33)34/h2-7,12,20,22-23,38H,8-11,13-16H2,1H3. The summed E-state index contributed by atoms with van der Waals surface area (Å²) in [7, 11) is 0. The van der Waals surface area contributed by atoms with Gasteiger partial charge in [0, 0.05) is 56.4 Å². The van der Waals surface area contributed by atoms with Crippen molar-refractivity contribution in [1.82, 2.24) is 9.80 Å². The number of piperazine rings is 1. The maximum Gasteiger partial charge on any atom is 0.430 e. The van der Waals surface area contributed by atoms with Gasteiger partial charge in [-0.15, -0.1) is 0 Å². The predicted octanol–water partition coefficient (Wildman–Crippen LogP) is 5.19. The molecule has 39 heavy (non-hydrogen) atoms. The number of hydrogen-bond acceptors (Lipinski definition) is 4. The number of carbonyl (C=O) groups is 1. The topological polar surface area (TPSA) is 53.0 Å². The quantitative estimate of drug-likeness (QED) is 0.516. The minimum Gasteiger partial charge on any atom is -0.381 e. The van der Waals surface area contributed by atoms with E-state index in [1.54, 1.807) is 6.07 Å². The molecule has 0 spiro atoms. The first-order valence-electron chi connectivity index (χ1n) is 13.0. The van der Waals surface area contributed by atoms with E-state index < -0.39 is 23.5 Å². The fourth-order valence-electron chi connectivity index (χ4n) is 6.13. The fraction of sp³-hybridized carbons (Fsp3) is 0.536. The molecule has 6 rings (SSSR count). The summed E-state index contributed by atoms with van der Waals surface area (Å²) < 4.78 is 84.5. The Kier molecular flexibility index (Phi) is 7.22. The van der Waals surface area contributed by atoms with Gasteiger partial charge in [0.1, 0.15) is 0 Å². The van der Waals surface area contributed by atoms with Gasteiger partial charge in [-0.1, -0.05) is 42.5 Å². The number of aryl methyl sites for hydroxylation is 1. The highest BCUT2D eigenvalue weighted by Crippen LogP contribution is 2.50. The second-order valence-electron chi connectivity index (χ2n) is 10.8. The minimum absolute atomic E-state index is 0.0515. The number of nitrogens with zero attached hydrogens (tertiary/aromatic N) is 2. The third kappa shape index (κ3) is 5.04. The Balaban J connectivity index is 1.24. The molecule has 11 heteroatoms. The van der Waals surface area contributed by atoms with Gasteiger partial charge < -0.3 is 14.7 Å². The first-order chi connectivity index (χ1) is 18.3. The van der Waals surface area contributed by atoms with E-state index in [1.807, 2.05) is 19.1 Å². The number of carbonyl (C=O) groups excluding carboxylic acids is 1. The third-order valence-electron chi connectivity index (χ3n) is 8.23. The lowest BCUT2D eigenvalue weighted by Gasteiger charge is -2.57. The maximum absolute atomic E-state index is 13.2. The van der Waals surface area contributed by atoms with E-state index >= 15 is 0 Å². The van der Waals surface area contributed by atoms with E-state index in [0.717, 1.165) is 55.6 Å². The van der Waals surface area contributed by atoms with Crippen LogP contribution in [-0.4, -0.2) is 71.6 Å². The van der Waals surface area contributed by atoms with Crippen molar-refractivity contribution in [3.8, 4) is 11.1 Å². The van der Waals surface area contributed by atoms with Crippen molar-refractivity contribution in [2.45, 2.75) is 62.8 Å². The van der Waals surface area contributed by atoms with Crippen molar-refractivity contribution in [2.24, 2.45) is 5.92 Å². The number of halogens is 6. The molecule has 0 aliphatic carbocycles. The highest BCUT2D eigenvalue weighted by atomic mass is 19.4. The molecule has 4 fully saturated rings. The number of ether oxygens (including phenoxy) is 1. The number of benzene rings is 2. The fourth-order valence-corrected chi connectivity index (χ4v) is 6.13. The van der Waals surface area contributed by atoms with Crippen LogP contribution >= 0.6 is 0 Å². The number of piperidine rings is 1. The molecule has 4 aliphatic rings. The summed E-state index contributed by atoms with van der Waals surface area (Å²) in [5.74, 6) is 0.296. The second kappa shape index (κ2) is 10.1. The van der Waals surface area contributed by atoms with Crippen LogP contribution in [0.5, 0.6) is 0 Å². The zero-order valence-electron chi connectivity index (χ0n) is 21.4. The van der Waals surface area contributed by atoms with Gasteiger partial charge in [-0.05, 0) is 48.4 Å². The van der Waals surface area contributed by atoms with Crippen molar-refractivity contribution in [1.29, 1.82) is 0 Å². The summed E-state index contributed by atoms with van der Waals surface area (Å²) in [6, 6.07) is 9.71. The molecule has 4 heterocycles. The number of hydrogen-bond donors (Lipinski definition) is 1. The van der Waals surface area contributed by atoms with E-state index in [4.69, 9.17) is 4.74 Å². The summed E-state index contributed by atoms with van der Waals surface area (Å²) in [6.45, 7) is 5.35. The van der Waals surface area contributed by atoms with Crippen LogP contribution < -0.4 is 0 Å². The van der Waals surface area contributed by atoms with Gasteiger partial charge in [-0.3, -0.25) is 9.69 Å². The van der Waals surface area contributed by atoms with E-state index in [2.05, 4.69) is 9.80 Å². The molecular formula is C28H30F6N2O3. The molecule has 2 atom stereocenters. The number of aliphatic hydroxyl groups is 1. The van der Waals surface area contributed by atoms with Crippen molar-refractivity contribution in [3.63, 3.8) is 0 Å². The van der Waals surface area contributed by atoms with E-state index in [1.165, 1.54) is 0 Å². The van der Waals surface area contributed by atoms with Gasteiger partial charge >= 0.3 is 12.4 Å². The summed E-state index contributed by atoms with van der Waals surface area (Å²) in [6.07, 6.45) is -9.28. The Bertz CT molecular complexity index is 1180. The Morgan fingerprint density at radius 3 is 2.08 bits per heavy atom. The Morgan fingerprint density at radius 2 is 1.54 bits per heavy atom. The summed E-state index contributed by atoms with van der Waals surface area (Å²) >= 11 is 0. The van der Waals surface area contributed by atoms with Crippen LogP contribution in [0.2, 0.25) is 0 Å². The Morgan fingerprint density at radius 1 is 0.949 bits per heavy atom. The highest BCUT2D eigenvalue weighted by molar-refractivity contribution is 5.80. The van der Waals surface area contributed by atoms with Crippen molar-refractivity contribution < 1.29 is 41.0 Å². The van der Waals surface area contributed by atoms with Gasteiger partial charge in [0.25, 0.3) is 5.60 Å². The van der Waals surface area contributed by atoms with Crippen LogP contribution in [0.15, 0.2) is 42.5 Å². The number of rotatable bonds is 5. The average Bonchev–Trinajstić information content (AvgIpc) is 2.87. The summed E-state index contributed by atoms with van der Waals surface area (Å²) in [4.78, 5) is 17.3. The summed E-state index contributed by atoms with van der Waals surface area (Å²) in [5.41, 5.74) is -3.27. The molecule has 4 aliphatic heterocycles. The van der Waals surface area contributed by atoms with Crippen molar-refractivity contribution >= 4 is 5.91 Å². The molecule has 1 amide bonds. The molecule has 0 radical (unpaired) electrons. The molecule has 2 aromatic carbocycles. The largest absolute Gasteiger partial charge is 0.430 e. The first-order valence-corrected chi connectivity index (χ1v) is 13.0. The Hall–Kier alpha value is -2.63. The zero-order valence-corrected chi connectivity index (χ0v) is 21.4. The molecule has 0 saturated carbocycles. The Labute approximate surface area is 222 Å². The average molecular weight is 557 g/mol. The maximum atomic E-state index is 13.2. The van der Waals surface area contributed by atoms with Gasteiger partial charge in [-0.2, -0.15) is 26.3 Å². The first kappa shape index (κ1) is 27.9. The third-order valence-corrected chi connectivity index (χ3v) is 8.23. The number of fused-ring (bicyclic) bond motifs is 2. The normalized spacial score (nSPS) is 23.0. The van der Waals surface area contributed by atoms with Crippen LogP contribution in [0, 0.1) is 12.8 Å². The lowest BCUT2D eigenvalue weighted by atomic mass is 9.84. The molecule has 4 saturated heterocycles. The zero-order chi connectivity index (χ0) is 28.2. The van der Waals surface area contributed by atoms with Crippen molar-refractivity contribution in [3.05, 3.63) is 59.2 Å². The predicted molar refractivity (Wildman–Crippen MR) is 130 cm³/mol. The second-order valence-corrected chi connectivity index (χ2v) is 10.8. The molecule has 2 aromatic rings.